The van der Waals surface area contributed by atoms with Gasteiger partial charge < -0.3 is 19.9 Å². The minimum absolute atomic E-state index is 0.165. The van der Waals surface area contributed by atoms with E-state index in [4.69, 9.17) is 19.9 Å². The molecule has 2 N–H and O–H groups in total. The molecule has 1 rings (SSSR count). The van der Waals surface area contributed by atoms with Crippen LogP contribution in [0.15, 0.2) is 16.6 Å². The maximum Gasteiger partial charge on any atom is 0.261 e. The molecule has 0 saturated carbocycles. The smallest absolute Gasteiger partial charge is 0.261 e. The van der Waals surface area contributed by atoms with Gasteiger partial charge in [-0.05, 0) is 34.5 Å². The molecule has 0 heterocycles. The van der Waals surface area contributed by atoms with E-state index in [1.807, 2.05) is 0 Å². The lowest BCUT2D eigenvalue weighted by Gasteiger charge is -2.18. The molecule has 0 aliphatic carbocycles. The van der Waals surface area contributed by atoms with Gasteiger partial charge >= 0.3 is 0 Å². The van der Waals surface area contributed by atoms with Crippen molar-refractivity contribution in [3.63, 3.8) is 0 Å². The number of methoxy groups -OCH3 is 2. The highest BCUT2D eigenvalue weighted by Crippen LogP contribution is 2.39. The van der Waals surface area contributed by atoms with Gasteiger partial charge in [-0.15, -0.1) is 0 Å². The van der Waals surface area contributed by atoms with Crippen LogP contribution in [0.5, 0.6) is 11.5 Å². The molecule has 1 unspecified atom stereocenters. The monoisotopic (exact) mass is 353 g/mol. The van der Waals surface area contributed by atoms with Gasteiger partial charge in [0.1, 0.15) is 22.6 Å². The van der Waals surface area contributed by atoms with Gasteiger partial charge in [0.2, 0.25) is 0 Å². The van der Waals surface area contributed by atoms with Gasteiger partial charge in [0.25, 0.3) is 6.43 Å². The Morgan fingerprint density at radius 3 is 2.50 bits per heavy atom. The van der Waals surface area contributed by atoms with Gasteiger partial charge in [-0.1, -0.05) is 0 Å². The molecular formula is C13H18BrF2NO3. The minimum atomic E-state index is -2.46. The van der Waals surface area contributed by atoms with Crippen molar-refractivity contribution in [2.24, 2.45) is 5.73 Å². The van der Waals surface area contributed by atoms with Crippen LogP contribution in [0.2, 0.25) is 0 Å². The van der Waals surface area contributed by atoms with Crippen molar-refractivity contribution >= 4 is 15.9 Å². The first kappa shape index (κ1) is 17.1. The molecule has 1 aromatic carbocycles. The van der Waals surface area contributed by atoms with Crippen molar-refractivity contribution < 1.29 is 23.0 Å². The molecule has 0 aliphatic heterocycles. The standard InChI is InChI=1S/C13H18BrF2NO3/c1-18-10-4-3-8(13(19-2)12(10)14)9(17)5-6-20-7-11(15)16/h3-4,9,11H,5-7,17H2,1-2H3. The molecule has 1 aromatic rings. The third kappa shape index (κ3) is 4.57. The molecule has 7 heteroatoms. The second kappa shape index (κ2) is 8.39. The molecule has 20 heavy (non-hydrogen) atoms. The summed E-state index contributed by atoms with van der Waals surface area (Å²) in [6.45, 7) is -0.408. The predicted molar refractivity (Wildman–Crippen MR) is 75.6 cm³/mol. The second-order valence-electron chi connectivity index (χ2n) is 4.07. The van der Waals surface area contributed by atoms with Crippen LogP contribution in [0.1, 0.15) is 18.0 Å². The summed E-state index contributed by atoms with van der Waals surface area (Å²) in [6, 6.07) is 3.19. The fourth-order valence-electron chi connectivity index (χ4n) is 1.75. The summed E-state index contributed by atoms with van der Waals surface area (Å²) < 4.78 is 39.9. The average molecular weight is 354 g/mol. The zero-order valence-corrected chi connectivity index (χ0v) is 13.0. The van der Waals surface area contributed by atoms with E-state index in [9.17, 15) is 8.78 Å². The Hall–Kier alpha value is -0.920. The van der Waals surface area contributed by atoms with Crippen LogP contribution < -0.4 is 15.2 Å². The van der Waals surface area contributed by atoms with Crippen molar-refractivity contribution in [3.05, 3.63) is 22.2 Å². The van der Waals surface area contributed by atoms with Crippen LogP contribution in [0.4, 0.5) is 8.78 Å². The summed E-state index contributed by atoms with van der Waals surface area (Å²) in [4.78, 5) is 0. The van der Waals surface area contributed by atoms with E-state index in [2.05, 4.69) is 15.9 Å². The Morgan fingerprint density at radius 1 is 1.25 bits per heavy atom. The number of halogens is 3. The molecular weight excluding hydrogens is 336 g/mol. The van der Waals surface area contributed by atoms with Crippen molar-refractivity contribution in [1.29, 1.82) is 0 Å². The molecule has 0 fully saturated rings. The number of rotatable bonds is 8. The largest absolute Gasteiger partial charge is 0.495 e. The van der Waals surface area contributed by atoms with Crippen LogP contribution in [-0.4, -0.2) is 33.9 Å². The van der Waals surface area contributed by atoms with Crippen LogP contribution in [0, 0.1) is 0 Å². The molecule has 0 amide bonds. The molecule has 0 saturated heterocycles. The van der Waals surface area contributed by atoms with Crippen LogP contribution in [-0.2, 0) is 4.74 Å². The van der Waals surface area contributed by atoms with E-state index in [-0.39, 0.29) is 12.6 Å². The number of alkyl halides is 2. The molecule has 4 nitrogen and oxygen atoms in total. The number of hydrogen-bond acceptors (Lipinski definition) is 4. The maximum absolute atomic E-state index is 11.9. The molecule has 0 radical (unpaired) electrons. The average Bonchev–Trinajstić information content (AvgIpc) is 2.42. The van der Waals surface area contributed by atoms with E-state index in [0.717, 1.165) is 5.56 Å². The lowest BCUT2D eigenvalue weighted by Crippen LogP contribution is -2.16. The van der Waals surface area contributed by atoms with Crippen LogP contribution >= 0.6 is 15.9 Å². The molecule has 114 valence electrons. The van der Waals surface area contributed by atoms with Crippen molar-refractivity contribution in [2.75, 3.05) is 27.4 Å². The van der Waals surface area contributed by atoms with Crippen molar-refractivity contribution in [1.82, 2.24) is 0 Å². The number of hydrogen-bond donors (Lipinski definition) is 1. The molecule has 0 spiro atoms. The van der Waals surface area contributed by atoms with Gasteiger partial charge in [0.05, 0.1) is 14.2 Å². The SMILES string of the molecule is COc1ccc(C(N)CCOCC(F)F)c(OC)c1Br. The summed E-state index contributed by atoms with van der Waals surface area (Å²) in [5.74, 6) is 1.21. The van der Waals surface area contributed by atoms with Gasteiger partial charge in [-0.2, -0.15) is 0 Å². The van der Waals surface area contributed by atoms with Gasteiger partial charge in [-0.25, -0.2) is 8.78 Å². The van der Waals surface area contributed by atoms with Crippen LogP contribution in [0.3, 0.4) is 0 Å². The fourth-order valence-corrected chi connectivity index (χ4v) is 2.43. The highest BCUT2D eigenvalue weighted by molar-refractivity contribution is 9.10. The number of nitrogens with two attached hydrogens (primary N) is 1. The first-order chi connectivity index (χ1) is 9.51. The topological polar surface area (TPSA) is 53.7 Å². The first-order valence-corrected chi connectivity index (χ1v) is 6.82. The Balaban J connectivity index is 2.72. The quantitative estimate of drug-likeness (QED) is 0.729. The maximum atomic E-state index is 11.9. The van der Waals surface area contributed by atoms with E-state index >= 15 is 0 Å². The highest BCUT2D eigenvalue weighted by atomic mass is 79.9. The first-order valence-electron chi connectivity index (χ1n) is 6.03. The van der Waals surface area contributed by atoms with E-state index in [1.165, 1.54) is 7.11 Å². The van der Waals surface area contributed by atoms with E-state index in [0.29, 0.717) is 22.4 Å². The zero-order valence-electron chi connectivity index (χ0n) is 11.4. The summed E-state index contributed by atoms with van der Waals surface area (Å²) in [6.07, 6.45) is -2.04. The Labute approximate surface area is 125 Å². The van der Waals surface area contributed by atoms with Gasteiger partial charge in [0, 0.05) is 18.2 Å². The van der Waals surface area contributed by atoms with E-state index in [1.54, 1.807) is 19.2 Å². The Bertz CT molecular complexity index is 432. The molecule has 0 aliphatic rings. The third-order valence-electron chi connectivity index (χ3n) is 2.73. The zero-order chi connectivity index (χ0) is 15.1. The van der Waals surface area contributed by atoms with E-state index < -0.39 is 13.0 Å². The van der Waals surface area contributed by atoms with Crippen molar-refractivity contribution in [2.45, 2.75) is 18.9 Å². The fraction of sp³-hybridized carbons (Fsp3) is 0.538. The summed E-state index contributed by atoms with van der Waals surface area (Å²) >= 11 is 3.39. The van der Waals surface area contributed by atoms with Gasteiger partial charge in [0.15, 0.2) is 0 Å². The predicted octanol–water partition coefficient (Wildman–Crippen LogP) is 3.14. The summed E-state index contributed by atoms with van der Waals surface area (Å²) in [7, 11) is 3.08. The normalized spacial score (nSPS) is 12.6. The Kier molecular flexibility index (Phi) is 7.18. The van der Waals surface area contributed by atoms with Crippen molar-refractivity contribution in [3.8, 4) is 11.5 Å². The second-order valence-corrected chi connectivity index (χ2v) is 4.86. The third-order valence-corrected chi connectivity index (χ3v) is 3.48. The molecule has 1 atom stereocenters. The Morgan fingerprint density at radius 2 is 1.95 bits per heavy atom. The lowest BCUT2D eigenvalue weighted by molar-refractivity contribution is 0.0152. The molecule has 0 bridgehead atoms. The summed E-state index contributed by atoms with van der Waals surface area (Å²) in [5.41, 5.74) is 6.80. The minimum Gasteiger partial charge on any atom is -0.495 e. The summed E-state index contributed by atoms with van der Waals surface area (Å²) in [5, 5.41) is 0. The van der Waals surface area contributed by atoms with Crippen LogP contribution in [0.25, 0.3) is 0 Å². The lowest BCUT2D eigenvalue weighted by atomic mass is 10.0. The number of benzene rings is 1. The van der Waals surface area contributed by atoms with Gasteiger partial charge in [-0.3, -0.25) is 0 Å². The number of ether oxygens (including phenoxy) is 3. The molecule has 0 aromatic heterocycles. The highest BCUT2D eigenvalue weighted by Gasteiger charge is 2.17.